The molecule has 1 atom stereocenters. The normalized spacial score (nSPS) is 25.3. The number of furan rings is 1. The zero-order chi connectivity index (χ0) is 14.5. The fourth-order valence-electron chi connectivity index (χ4n) is 3.51. The Hall–Kier alpha value is -0.840. The second-order valence-corrected chi connectivity index (χ2v) is 6.38. The second-order valence-electron chi connectivity index (χ2n) is 6.38. The highest BCUT2D eigenvalue weighted by molar-refractivity contribution is 5.07. The third kappa shape index (κ3) is 4.31. The molecule has 0 amide bonds. The molecule has 2 saturated heterocycles. The first-order valence-corrected chi connectivity index (χ1v) is 8.43. The zero-order valence-electron chi connectivity index (χ0n) is 13.2. The van der Waals surface area contributed by atoms with Crippen LogP contribution in [0.3, 0.4) is 0 Å². The number of likely N-dealkylation sites (tertiary alicyclic amines) is 1. The molecule has 2 aliphatic rings. The van der Waals surface area contributed by atoms with Crippen molar-refractivity contribution in [3.8, 4) is 0 Å². The third-order valence-corrected chi connectivity index (χ3v) is 4.67. The molecule has 0 spiro atoms. The van der Waals surface area contributed by atoms with E-state index in [0.29, 0.717) is 0 Å². The Morgan fingerprint density at radius 1 is 1.10 bits per heavy atom. The molecule has 4 nitrogen and oxygen atoms in total. The number of ether oxygens (including phenoxy) is 1. The van der Waals surface area contributed by atoms with Crippen LogP contribution in [0.25, 0.3) is 0 Å². The van der Waals surface area contributed by atoms with E-state index in [1.165, 1.54) is 32.5 Å². The van der Waals surface area contributed by atoms with E-state index in [4.69, 9.17) is 9.15 Å². The van der Waals surface area contributed by atoms with E-state index in [1.54, 1.807) is 0 Å². The first-order chi connectivity index (χ1) is 10.3. The first kappa shape index (κ1) is 15.1. The maximum atomic E-state index is 5.85. The van der Waals surface area contributed by atoms with Gasteiger partial charge in [0.15, 0.2) is 0 Å². The molecule has 3 rings (SSSR count). The van der Waals surface area contributed by atoms with Gasteiger partial charge >= 0.3 is 0 Å². The van der Waals surface area contributed by atoms with Crippen LogP contribution in [0.1, 0.15) is 31.3 Å². The lowest BCUT2D eigenvalue weighted by molar-refractivity contribution is 0.0220. The van der Waals surface area contributed by atoms with Gasteiger partial charge in [-0.2, -0.15) is 0 Å². The van der Waals surface area contributed by atoms with Gasteiger partial charge in [0.25, 0.3) is 0 Å². The number of rotatable bonds is 5. The van der Waals surface area contributed by atoms with Gasteiger partial charge in [-0.15, -0.1) is 0 Å². The molecular formula is C17H28N2O2. The summed E-state index contributed by atoms with van der Waals surface area (Å²) >= 11 is 0. The number of aryl methyl sites for hydroxylation is 1. The van der Waals surface area contributed by atoms with Gasteiger partial charge in [-0.25, -0.2) is 0 Å². The van der Waals surface area contributed by atoms with Crippen LogP contribution in [0.5, 0.6) is 0 Å². The lowest BCUT2D eigenvalue weighted by Gasteiger charge is -2.36. The molecule has 21 heavy (non-hydrogen) atoms. The predicted molar refractivity (Wildman–Crippen MR) is 83.3 cm³/mol. The van der Waals surface area contributed by atoms with Crippen LogP contribution in [-0.2, 0) is 17.7 Å². The molecule has 118 valence electrons. The van der Waals surface area contributed by atoms with Crippen molar-refractivity contribution in [2.24, 2.45) is 5.92 Å². The number of morpholine rings is 1. The first-order valence-electron chi connectivity index (χ1n) is 8.43. The van der Waals surface area contributed by atoms with Crippen molar-refractivity contribution in [2.45, 2.75) is 32.7 Å². The minimum absolute atomic E-state index is 0.803. The Bertz CT molecular complexity index is 426. The van der Waals surface area contributed by atoms with Crippen LogP contribution in [0, 0.1) is 5.92 Å². The van der Waals surface area contributed by atoms with Gasteiger partial charge < -0.3 is 9.15 Å². The zero-order valence-corrected chi connectivity index (χ0v) is 13.2. The Kier molecular flexibility index (Phi) is 5.33. The van der Waals surface area contributed by atoms with Crippen molar-refractivity contribution in [1.29, 1.82) is 0 Å². The van der Waals surface area contributed by atoms with Crippen molar-refractivity contribution in [3.63, 3.8) is 0 Å². The van der Waals surface area contributed by atoms with Crippen molar-refractivity contribution >= 4 is 0 Å². The van der Waals surface area contributed by atoms with Crippen LogP contribution in [-0.4, -0.2) is 55.7 Å². The van der Waals surface area contributed by atoms with E-state index in [-0.39, 0.29) is 0 Å². The molecule has 1 aromatic heterocycles. The molecule has 0 aromatic carbocycles. The summed E-state index contributed by atoms with van der Waals surface area (Å²) in [5.41, 5.74) is 0. The Morgan fingerprint density at radius 2 is 1.90 bits per heavy atom. The summed E-state index contributed by atoms with van der Waals surface area (Å²) < 4.78 is 11.3. The topological polar surface area (TPSA) is 28.9 Å². The maximum Gasteiger partial charge on any atom is 0.118 e. The Balaban J connectivity index is 1.48. The molecule has 0 N–H and O–H groups in total. The van der Waals surface area contributed by atoms with Crippen molar-refractivity contribution in [2.75, 3.05) is 45.9 Å². The number of hydrogen-bond donors (Lipinski definition) is 0. The molecule has 1 aromatic rings. The van der Waals surface area contributed by atoms with E-state index in [2.05, 4.69) is 28.9 Å². The van der Waals surface area contributed by atoms with Crippen LogP contribution in [0.4, 0.5) is 0 Å². The number of hydrogen-bond acceptors (Lipinski definition) is 4. The van der Waals surface area contributed by atoms with Gasteiger partial charge in [0, 0.05) is 32.6 Å². The lowest BCUT2D eigenvalue weighted by atomic mass is 9.97. The minimum atomic E-state index is 0.803. The molecule has 0 saturated carbocycles. The van der Waals surface area contributed by atoms with Crippen LogP contribution in [0.2, 0.25) is 0 Å². The van der Waals surface area contributed by atoms with Gasteiger partial charge in [-0.3, -0.25) is 9.80 Å². The summed E-state index contributed by atoms with van der Waals surface area (Å²) in [6, 6.07) is 4.26. The Labute approximate surface area is 128 Å². The summed E-state index contributed by atoms with van der Waals surface area (Å²) in [6.07, 6.45) is 3.67. The molecule has 2 aliphatic heterocycles. The molecule has 2 fully saturated rings. The average Bonchev–Trinajstić information content (AvgIpc) is 2.96. The summed E-state index contributed by atoms with van der Waals surface area (Å²) in [4.78, 5) is 5.13. The number of piperidine rings is 1. The quantitative estimate of drug-likeness (QED) is 0.833. The highest BCUT2D eigenvalue weighted by Crippen LogP contribution is 2.21. The Morgan fingerprint density at radius 3 is 2.67 bits per heavy atom. The smallest absolute Gasteiger partial charge is 0.118 e. The molecule has 0 aliphatic carbocycles. The van der Waals surface area contributed by atoms with Crippen LogP contribution in [0.15, 0.2) is 16.5 Å². The average molecular weight is 292 g/mol. The summed E-state index contributed by atoms with van der Waals surface area (Å²) in [6.45, 7) is 10.8. The highest BCUT2D eigenvalue weighted by Gasteiger charge is 2.23. The van der Waals surface area contributed by atoms with Gasteiger partial charge in [-0.05, 0) is 37.4 Å². The molecule has 0 bridgehead atoms. The van der Waals surface area contributed by atoms with E-state index in [1.807, 2.05) is 0 Å². The summed E-state index contributed by atoms with van der Waals surface area (Å²) in [5, 5.41) is 0. The number of nitrogens with zero attached hydrogens (tertiary/aromatic N) is 2. The van der Waals surface area contributed by atoms with E-state index >= 15 is 0 Å². The van der Waals surface area contributed by atoms with Crippen molar-refractivity contribution < 1.29 is 9.15 Å². The molecular weight excluding hydrogens is 264 g/mol. The predicted octanol–water partition coefficient (Wildman–Crippen LogP) is 2.39. The van der Waals surface area contributed by atoms with E-state index < -0.39 is 0 Å². The van der Waals surface area contributed by atoms with Crippen LogP contribution >= 0.6 is 0 Å². The van der Waals surface area contributed by atoms with Gasteiger partial charge in [0.1, 0.15) is 11.5 Å². The van der Waals surface area contributed by atoms with Crippen LogP contribution < -0.4 is 0 Å². The summed E-state index contributed by atoms with van der Waals surface area (Å²) in [7, 11) is 0. The third-order valence-electron chi connectivity index (χ3n) is 4.67. The SMILES string of the molecule is CCc1ccc(CN2CCCC(CN3CCOCC3)C2)o1. The fourth-order valence-corrected chi connectivity index (χ4v) is 3.51. The second kappa shape index (κ2) is 7.43. The van der Waals surface area contributed by atoms with Gasteiger partial charge in [-0.1, -0.05) is 6.92 Å². The fraction of sp³-hybridized carbons (Fsp3) is 0.765. The summed E-state index contributed by atoms with van der Waals surface area (Å²) in [5.74, 6) is 3.03. The standard InChI is InChI=1S/C17H28N2O2/c1-2-16-5-6-17(21-16)14-19-7-3-4-15(13-19)12-18-8-10-20-11-9-18/h5-6,15H,2-4,7-14H2,1H3. The monoisotopic (exact) mass is 292 g/mol. The van der Waals surface area contributed by atoms with E-state index in [9.17, 15) is 0 Å². The molecule has 3 heterocycles. The maximum absolute atomic E-state index is 5.85. The lowest BCUT2D eigenvalue weighted by Crippen LogP contribution is -2.44. The molecule has 4 heteroatoms. The van der Waals surface area contributed by atoms with Gasteiger partial charge in [0.05, 0.1) is 19.8 Å². The minimum Gasteiger partial charge on any atom is -0.465 e. The van der Waals surface area contributed by atoms with E-state index in [0.717, 1.165) is 56.7 Å². The molecule has 0 radical (unpaired) electrons. The largest absolute Gasteiger partial charge is 0.465 e. The van der Waals surface area contributed by atoms with Crippen molar-refractivity contribution in [3.05, 3.63) is 23.7 Å². The highest BCUT2D eigenvalue weighted by atomic mass is 16.5. The van der Waals surface area contributed by atoms with Gasteiger partial charge in [0.2, 0.25) is 0 Å². The van der Waals surface area contributed by atoms with Crippen molar-refractivity contribution in [1.82, 2.24) is 9.80 Å². The molecule has 1 unspecified atom stereocenters.